The summed E-state index contributed by atoms with van der Waals surface area (Å²) in [6.07, 6.45) is 17.3. The Bertz CT molecular complexity index is 764. The van der Waals surface area contributed by atoms with Gasteiger partial charge < -0.3 is 4.74 Å². The Hall–Kier alpha value is -1.59. The molecule has 0 atom stereocenters. The highest BCUT2D eigenvalue weighted by Gasteiger charge is 2.34. The van der Waals surface area contributed by atoms with Gasteiger partial charge in [0.25, 0.3) is 0 Å². The van der Waals surface area contributed by atoms with Gasteiger partial charge in [-0.2, -0.15) is 0 Å². The average Bonchev–Trinajstić information content (AvgIpc) is 2.82. The minimum Gasteiger partial charge on any atom is -0.399 e. The Morgan fingerprint density at radius 3 is 1.86 bits per heavy atom. The van der Waals surface area contributed by atoms with Crippen LogP contribution in [0.5, 0.6) is 5.75 Å². The van der Waals surface area contributed by atoms with E-state index < -0.39 is 23.7 Å². The summed E-state index contributed by atoms with van der Waals surface area (Å²) < 4.78 is 68.3. The number of hydrogen-bond acceptors (Lipinski definition) is 1. The van der Waals surface area contributed by atoms with Gasteiger partial charge in [0.05, 0.1) is 0 Å². The van der Waals surface area contributed by atoms with Gasteiger partial charge in [-0.3, -0.25) is 0 Å². The fourth-order valence-corrected chi connectivity index (χ4v) is 6.22. The van der Waals surface area contributed by atoms with Crippen LogP contribution in [0.1, 0.15) is 102 Å². The van der Waals surface area contributed by atoms with Gasteiger partial charge in [-0.05, 0) is 99.2 Å². The molecule has 35 heavy (non-hydrogen) atoms. The minimum absolute atomic E-state index is 0.386. The summed E-state index contributed by atoms with van der Waals surface area (Å²) in [5.74, 6) is -0.896. The number of ether oxygens (including phenoxy) is 1. The van der Waals surface area contributed by atoms with Gasteiger partial charge in [-0.1, -0.05) is 57.6 Å². The summed E-state index contributed by atoms with van der Waals surface area (Å²) in [4.78, 5) is 0. The summed E-state index contributed by atoms with van der Waals surface area (Å²) in [6, 6.07) is 1.94. The number of hydrogen-bond donors (Lipinski definition) is 0. The number of benzene rings is 1. The van der Waals surface area contributed by atoms with Crippen LogP contribution in [0.25, 0.3) is 0 Å². The van der Waals surface area contributed by atoms with Crippen molar-refractivity contribution in [3.8, 4) is 5.75 Å². The second-order valence-corrected chi connectivity index (χ2v) is 10.7. The molecule has 0 radical (unpaired) electrons. The highest BCUT2D eigenvalue weighted by molar-refractivity contribution is 5.31. The van der Waals surface area contributed by atoms with Crippen molar-refractivity contribution in [1.29, 1.82) is 0 Å². The highest BCUT2D eigenvalue weighted by atomic mass is 19.4. The van der Waals surface area contributed by atoms with Crippen molar-refractivity contribution in [2.75, 3.05) is 0 Å². The Kier molecular flexibility index (Phi) is 10.9. The summed E-state index contributed by atoms with van der Waals surface area (Å²) in [6.45, 7) is 2.18. The maximum absolute atomic E-state index is 14.0. The molecule has 1 aromatic carbocycles. The molecule has 0 aliphatic heterocycles. The number of allylic oxidation sites excluding steroid dienone is 2. The molecule has 0 N–H and O–H groups in total. The van der Waals surface area contributed by atoms with E-state index in [1.165, 1.54) is 64.2 Å². The van der Waals surface area contributed by atoms with E-state index in [0.29, 0.717) is 17.9 Å². The molecule has 0 bridgehead atoms. The predicted molar refractivity (Wildman–Crippen MR) is 130 cm³/mol. The smallest absolute Gasteiger partial charge is 0.399 e. The molecule has 6 heteroatoms. The highest BCUT2D eigenvalue weighted by Crippen LogP contribution is 2.43. The third-order valence-electron chi connectivity index (χ3n) is 8.20. The first-order valence-corrected chi connectivity index (χ1v) is 13.6. The van der Waals surface area contributed by atoms with Gasteiger partial charge in [-0.25, -0.2) is 8.78 Å². The van der Waals surface area contributed by atoms with Crippen molar-refractivity contribution < 1.29 is 26.7 Å². The maximum Gasteiger partial charge on any atom is 0.573 e. The van der Waals surface area contributed by atoms with E-state index in [-0.39, 0.29) is 0 Å². The van der Waals surface area contributed by atoms with Gasteiger partial charge in [0.15, 0.2) is 11.6 Å². The second-order valence-electron chi connectivity index (χ2n) is 10.7. The van der Waals surface area contributed by atoms with Gasteiger partial charge in [0, 0.05) is 0 Å². The van der Waals surface area contributed by atoms with Crippen molar-refractivity contribution in [1.82, 2.24) is 0 Å². The van der Waals surface area contributed by atoms with E-state index in [4.69, 9.17) is 0 Å². The second kappa shape index (κ2) is 13.6. The lowest BCUT2D eigenvalue weighted by Crippen LogP contribution is -2.26. The van der Waals surface area contributed by atoms with E-state index in [9.17, 15) is 22.0 Å². The van der Waals surface area contributed by atoms with Crippen LogP contribution in [-0.2, 0) is 6.42 Å². The fraction of sp³-hybridized carbons (Fsp3) is 0.724. The zero-order valence-corrected chi connectivity index (χ0v) is 21.0. The van der Waals surface area contributed by atoms with E-state index in [1.54, 1.807) is 0 Å². The molecule has 2 aliphatic carbocycles. The normalized spacial score (nSPS) is 25.8. The molecule has 1 nitrogen and oxygen atoms in total. The van der Waals surface area contributed by atoms with Crippen molar-refractivity contribution in [3.05, 3.63) is 41.5 Å². The summed E-state index contributed by atoms with van der Waals surface area (Å²) in [5, 5.41) is 0. The van der Waals surface area contributed by atoms with Crippen LogP contribution < -0.4 is 4.74 Å². The van der Waals surface area contributed by atoms with Crippen LogP contribution in [0.2, 0.25) is 0 Å². The zero-order valence-electron chi connectivity index (χ0n) is 21.0. The van der Waals surface area contributed by atoms with Crippen molar-refractivity contribution >= 4 is 0 Å². The lowest BCUT2D eigenvalue weighted by atomic mass is 9.68. The number of alkyl halides is 3. The number of aryl methyl sites for hydroxylation is 1. The van der Waals surface area contributed by atoms with Crippen LogP contribution >= 0.6 is 0 Å². The van der Waals surface area contributed by atoms with Crippen molar-refractivity contribution in [3.63, 3.8) is 0 Å². The topological polar surface area (TPSA) is 9.23 Å². The van der Waals surface area contributed by atoms with Crippen LogP contribution in [0.3, 0.4) is 0 Å². The lowest BCUT2D eigenvalue weighted by Gasteiger charge is -2.38. The van der Waals surface area contributed by atoms with E-state index in [0.717, 1.165) is 55.6 Å². The van der Waals surface area contributed by atoms with Crippen LogP contribution in [-0.4, -0.2) is 6.36 Å². The first-order valence-electron chi connectivity index (χ1n) is 13.6. The van der Waals surface area contributed by atoms with Crippen LogP contribution in [0.4, 0.5) is 22.0 Å². The maximum atomic E-state index is 14.0. The predicted octanol–water partition coefficient (Wildman–Crippen LogP) is 9.94. The molecule has 2 saturated carbocycles. The lowest BCUT2D eigenvalue weighted by molar-refractivity contribution is -0.276. The Labute approximate surface area is 207 Å². The molecule has 0 heterocycles. The molecule has 0 spiro atoms. The standard InChI is InChI=1S/C29H41F5O/c1-2-3-4-5-6-7-8-21-11-15-24(16-12-21)25-17-13-22(14-18-25)9-10-23-19-26(30)28(27(31)20-23)35-29(32,33)34/h3-4,19-22,24-25H,2,5-18H2,1H3/b4-3+. The molecule has 0 aromatic heterocycles. The molecular formula is C29H41F5O. The Morgan fingerprint density at radius 1 is 0.800 bits per heavy atom. The fourth-order valence-electron chi connectivity index (χ4n) is 6.22. The SMILES string of the molecule is CC/C=C/CCCCC1CCC(C2CCC(CCc3cc(F)c(OC(F)(F)F)c(F)c3)CC2)CC1. The number of halogens is 5. The molecule has 0 unspecified atom stereocenters. The van der Waals surface area contributed by atoms with Gasteiger partial charge in [0.2, 0.25) is 5.75 Å². The zero-order chi connectivity index (χ0) is 25.3. The van der Waals surface area contributed by atoms with Gasteiger partial charge in [0.1, 0.15) is 0 Å². The van der Waals surface area contributed by atoms with E-state index in [2.05, 4.69) is 23.8 Å². The summed E-state index contributed by atoms with van der Waals surface area (Å²) in [7, 11) is 0. The molecular weight excluding hydrogens is 459 g/mol. The first kappa shape index (κ1) is 28.0. The first-order chi connectivity index (χ1) is 16.7. The quantitative estimate of drug-likeness (QED) is 0.167. The Balaban J connectivity index is 1.34. The molecule has 2 fully saturated rings. The molecule has 1 aromatic rings. The molecule has 2 aliphatic rings. The van der Waals surface area contributed by atoms with Gasteiger partial charge >= 0.3 is 6.36 Å². The molecule has 0 amide bonds. The van der Waals surface area contributed by atoms with Crippen molar-refractivity contribution in [2.24, 2.45) is 23.7 Å². The third-order valence-corrected chi connectivity index (χ3v) is 8.20. The molecule has 198 valence electrons. The van der Waals surface area contributed by atoms with Crippen LogP contribution in [0, 0.1) is 35.3 Å². The monoisotopic (exact) mass is 500 g/mol. The van der Waals surface area contributed by atoms with Crippen LogP contribution in [0.15, 0.2) is 24.3 Å². The third kappa shape index (κ3) is 9.42. The van der Waals surface area contributed by atoms with E-state index >= 15 is 0 Å². The molecule has 3 rings (SSSR count). The number of rotatable bonds is 11. The van der Waals surface area contributed by atoms with E-state index in [1.807, 2.05) is 0 Å². The van der Waals surface area contributed by atoms with Crippen molar-refractivity contribution in [2.45, 2.75) is 110 Å². The van der Waals surface area contributed by atoms with Gasteiger partial charge in [-0.15, -0.1) is 13.2 Å². The largest absolute Gasteiger partial charge is 0.573 e. The summed E-state index contributed by atoms with van der Waals surface area (Å²) in [5.41, 5.74) is 0.386. The average molecular weight is 501 g/mol. The minimum atomic E-state index is -5.12. The Morgan fingerprint density at radius 2 is 1.34 bits per heavy atom. The number of unbranched alkanes of at least 4 members (excludes halogenated alkanes) is 2. The molecule has 0 saturated heterocycles. The summed E-state index contributed by atoms with van der Waals surface area (Å²) >= 11 is 0.